The minimum Gasteiger partial charge on any atom is -0.392 e. The third-order valence-electron chi connectivity index (χ3n) is 3.04. The molecule has 0 aromatic heterocycles. The summed E-state index contributed by atoms with van der Waals surface area (Å²) in [6.07, 6.45) is 0.656. The van der Waals surface area contributed by atoms with E-state index in [-0.39, 0.29) is 6.42 Å². The van der Waals surface area contributed by atoms with Gasteiger partial charge in [-0.2, -0.15) is 0 Å². The molecule has 1 atom stereocenters. The van der Waals surface area contributed by atoms with Crippen molar-refractivity contribution in [1.29, 1.82) is 0 Å². The first kappa shape index (κ1) is 11.1. The van der Waals surface area contributed by atoms with Gasteiger partial charge in [0.2, 0.25) is 0 Å². The molecule has 0 spiro atoms. The summed E-state index contributed by atoms with van der Waals surface area (Å²) in [6, 6.07) is 6.96. The smallest absolute Gasteiger partial charge is 0.324 e. The molecule has 1 aliphatic heterocycles. The van der Waals surface area contributed by atoms with E-state index >= 15 is 0 Å². The number of esters is 2. The van der Waals surface area contributed by atoms with Gasteiger partial charge in [-0.1, -0.05) is 30.7 Å². The van der Waals surface area contributed by atoms with Gasteiger partial charge in [0.05, 0.1) is 6.42 Å². The number of hydrogen-bond acceptors (Lipinski definition) is 3. The van der Waals surface area contributed by atoms with E-state index in [0.717, 1.165) is 5.56 Å². The Hall–Kier alpha value is -1.35. The molecule has 84 valence electrons. The second-order valence-corrected chi connectivity index (χ2v) is 4.32. The lowest BCUT2D eigenvalue weighted by atomic mass is 9.77. The standard InChI is InChI=1S/C12H11ClO3/c1-2-12(7-10(14)16-11(12)15)8-3-5-9(13)6-4-8/h3-6H,2,7H2,1H3. The fraction of sp³-hybridized carbons (Fsp3) is 0.333. The fourth-order valence-electron chi connectivity index (χ4n) is 2.02. The summed E-state index contributed by atoms with van der Waals surface area (Å²) >= 11 is 5.79. The lowest BCUT2D eigenvalue weighted by Crippen LogP contribution is -2.30. The molecule has 1 heterocycles. The Labute approximate surface area is 98.4 Å². The zero-order valence-electron chi connectivity index (χ0n) is 8.83. The topological polar surface area (TPSA) is 43.4 Å². The average molecular weight is 239 g/mol. The van der Waals surface area contributed by atoms with Crippen molar-refractivity contribution < 1.29 is 14.3 Å². The van der Waals surface area contributed by atoms with Gasteiger partial charge in [0.15, 0.2) is 0 Å². The van der Waals surface area contributed by atoms with Crippen molar-refractivity contribution in [2.75, 3.05) is 0 Å². The van der Waals surface area contributed by atoms with Gasteiger partial charge < -0.3 is 4.74 Å². The molecule has 1 saturated heterocycles. The maximum Gasteiger partial charge on any atom is 0.324 e. The van der Waals surface area contributed by atoms with Crippen LogP contribution in [0.5, 0.6) is 0 Å². The molecule has 1 fully saturated rings. The van der Waals surface area contributed by atoms with Crippen LogP contribution in [-0.2, 0) is 19.7 Å². The third kappa shape index (κ3) is 1.61. The predicted molar refractivity (Wildman–Crippen MR) is 59.1 cm³/mol. The summed E-state index contributed by atoms with van der Waals surface area (Å²) in [5.41, 5.74) is -0.0305. The molecule has 0 aliphatic carbocycles. The van der Waals surface area contributed by atoms with E-state index in [2.05, 4.69) is 4.74 Å². The molecular weight excluding hydrogens is 228 g/mol. The van der Waals surface area contributed by atoms with Crippen molar-refractivity contribution in [2.24, 2.45) is 0 Å². The molecule has 1 unspecified atom stereocenters. The van der Waals surface area contributed by atoms with E-state index in [1.165, 1.54) is 0 Å². The Morgan fingerprint density at radius 3 is 2.38 bits per heavy atom. The van der Waals surface area contributed by atoms with Gasteiger partial charge in [0.25, 0.3) is 0 Å². The Morgan fingerprint density at radius 1 is 1.31 bits per heavy atom. The molecule has 3 nitrogen and oxygen atoms in total. The lowest BCUT2D eigenvalue weighted by Gasteiger charge is -2.22. The second kappa shape index (κ2) is 3.91. The van der Waals surface area contributed by atoms with Crippen molar-refractivity contribution >= 4 is 23.5 Å². The molecule has 0 bridgehead atoms. The Kier molecular flexibility index (Phi) is 2.72. The quantitative estimate of drug-likeness (QED) is 0.587. The number of hydrogen-bond donors (Lipinski definition) is 0. The Morgan fingerprint density at radius 2 is 1.94 bits per heavy atom. The molecule has 1 aromatic carbocycles. The summed E-state index contributed by atoms with van der Waals surface area (Å²) in [6.45, 7) is 1.87. The van der Waals surface area contributed by atoms with Crippen molar-refractivity contribution in [3.05, 3.63) is 34.9 Å². The minimum atomic E-state index is -0.818. The monoisotopic (exact) mass is 238 g/mol. The number of ether oxygens (including phenoxy) is 1. The highest BCUT2D eigenvalue weighted by molar-refractivity contribution is 6.30. The van der Waals surface area contributed by atoms with E-state index in [4.69, 9.17) is 11.6 Å². The maximum atomic E-state index is 11.7. The maximum absolute atomic E-state index is 11.7. The van der Waals surface area contributed by atoms with Crippen LogP contribution in [0.15, 0.2) is 24.3 Å². The molecule has 1 aromatic rings. The van der Waals surface area contributed by atoms with Gasteiger partial charge in [-0.25, -0.2) is 0 Å². The third-order valence-corrected chi connectivity index (χ3v) is 3.30. The van der Waals surface area contributed by atoms with E-state index in [9.17, 15) is 9.59 Å². The number of carbonyl (C=O) groups is 2. The van der Waals surface area contributed by atoms with Gasteiger partial charge in [-0.15, -0.1) is 0 Å². The normalized spacial score (nSPS) is 24.6. The largest absolute Gasteiger partial charge is 0.392 e. The fourth-order valence-corrected chi connectivity index (χ4v) is 2.14. The van der Waals surface area contributed by atoms with Crippen LogP contribution in [0.25, 0.3) is 0 Å². The number of carbonyl (C=O) groups excluding carboxylic acids is 2. The van der Waals surface area contributed by atoms with Crippen LogP contribution in [0, 0.1) is 0 Å². The molecule has 4 heteroatoms. The van der Waals surface area contributed by atoms with E-state index in [0.29, 0.717) is 11.4 Å². The zero-order chi connectivity index (χ0) is 11.8. The van der Waals surface area contributed by atoms with Crippen LogP contribution in [0.1, 0.15) is 25.3 Å². The van der Waals surface area contributed by atoms with Crippen LogP contribution in [0.2, 0.25) is 5.02 Å². The SMILES string of the molecule is CCC1(c2ccc(Cl)cc2)CC(=O)OC1=O. The number of benzene rings is 1. The average Bonchev–Trinajstić information content (AvgIpc) is 2.55. The van der Waals surface area contributed by atoms with Crippen molar-refractivity contribution in [1.82, 2.24) is 0 Å². The van der Waals surface area contributed by atoms with Crippen LogP contribution in [-0.4, -0.2) is 11.9 Å². The summed E-state index contributed by atoms with van der Waals surface area (Å²) in [4.78, 5) is 22.9. The van der Waals surface area contributed by atoms with E-state index in [1.807, 2.05) is 6.92 Å². The molecule has 0 amide bonds. The van der Waals surface area contributed by atoms with E-state index in [1.54, 1.807) is 24.3 Å². The predicted octanol–water partition coefficient (Wildman–Crippen LogP) is 2.46. The second-order valence-electron chi connectivity index (χ2n) is 3.88. The highest BCUT2D eigenvalue weighted by Crippen LogP contribution is 2.38. The molecule has 1 aliphatic rings. The van der Waals surface area contributed by atoms with Crippen LogP contribution < -0.4 is 0 Å². The van der Waals surface area contributed by atoms with Gasteiger partial charge in [0.1, 0.15) is 5.41 Å². The molecule has 2 rings (SSSR count). The van der Waals surface area contributed by atoms with Crippen molar-refractivity contribution in [3.8, 4) is 0 Å². The van der Waals surface area contributed by atoms with Crippen LogP contribution in [0.3, 0.4) is 0 Å². The summed E-state index contributed by atoms with van der Waals surface area (Å²) in [7, 11) is 0. The Balaban J connectivity index is 2.46. The molecule has 0 N–H and O–H groups in total. The highest BCUT2D eigenvalue weighted by atomic mass is 35.5. The van der Waals surface area contributed by atoms with Gasteiger partial charge in [-0.05, 0) is 24.1 Å². The van der Waals surface area contributed by atoms with Crippen LogP contribution >= 0.6 is 11.6 Å². The van der Waals surface area contributed by atoms with Gasteiger partial charge in [0, 0.05) is 5.02 Å². The van der Waals surface area contributed by atoms with Gasteiger partial charge >= 0.3 is 11.9 Å². The Bertz CT molecular complexity index is 438. The number of rotatable bonds is 2. The van der Waals surface area contributed by atoms with Crippen molar-refractivity contribution in [3.63, 3.8) is 0 Å². The van der Waals surface area contributed by atoms with Crippen molar-refractivity contribution in [2.45, 2.75) is 25.2 Å². The first-order valence-corrected chi connectivity index (χ1v) is 5.47. The zero-order valence-corrected chi connectivity index (χ0v) is 9.58. The van der Waals surface area contributed by atoms with E-state index < -0.39 is 17.4 Å². The molecule has 0 saturated carbocycles. The minimum absolute atomic E-state index is 0.115. The molecular formula is C12H11ClO3. The molecule has 0 radical (unpaired) electrons. The highest BCUT2D eigenvalue weighted by Gasteiger charge is 2.49. The lowest BCUT2D eigenvalue weighted by molar-refractivity contribution is -0.153. The first-order chi connectivity index (χ1) is 7.58. The number of halogens is 1. The number of cyclic esters (lactones) is 2. The first-order valence-electron chi connectivity index (χ1n) is 5.09. The van der Waals surface area contributed by atoms with Crippen LogP contribution in [0.4, 0.5) is 0 Å². The van der Waals surface area contributed by atoms with Gasteiger partial charge in [-0.3, -0.25) is 9.59 Å². The molecule has 16 heavy (non-hydrogen) atoms. The summed E-state index contributed by atoms with van der Waals surface area (Å²) in [5, 5.41) is 0.604. The summed E-state index contributed by atoms with van der Waals surface area (Å²) in [5.74, 6) is -0.913. The summed E-state index contributed by atoms with van der Waals surface area (Å²) < 4.78 is 4.64.